The number of esters is 1. The molecule has 0 fully saturated rings. The molecule has 0 bridgehead atoms. The Hall–Kier alpha value is -2.22. The summed E-state index contributed by atoms with van der Waals surface area (Å²) in [5, 5.41) is 0. The van der Waals surface area contributed by atoms with Gasteiger partial charge >= 0.3 is 5.97 Å². The van der Waals surface area contributed by atoms with Crippen LogP contribution in [-0.2, 0) is 19.6 Å². The lowest BCUT2D eigenvalue weighted by Crippen LogP contribution is -2.46. The van der Waals surface area contributed by atoms with Gasteiger partial charge in [0.25, 0.3) is 0 Å². The third-order valence-corrected chi connectivity index (χ3v) is 5.06. The van der Waals surface area contributed by atoms with Crippen molar-refractivity contribution in [1.82, 2.24) is 4.72 Å². The van der Waals surface area contributed by atoms with Crippen molar-refractivity contribution in [3.05, 3.63) is 65.7 Å². The Balaban J connectivity index is 2.37. The van der Waals surface area contributed by atoms with E-state index in [9.17, 15) is 13.2 Å². The summed E-state index contributed by atoms with van der Waals surface area (Å²) in [6.07, 6.45) is 0. The number of aryl methyl sites for hydroxylation is 1. The maximum atomic E-state index is 12.6. The van der Waals surface area contributed by atoms with E-state index in [4.69, 9.17) is 5.73 Å². The van der Waals surface area contributed by atoms with Gasteiger partial charge in [-0.25, -0.2) is 13.1 Å². The van der Waals surface area contributed by atoms with Crippen LogP contribution in [0.5, 0.6) is 0 Å². The smallest absolute Gasteiger partial charge is 0.324 e. The number of carbonyl (C=O) groups excluding carboxylic acids is 1. The SMILES string of the molecule is COC(=O)[C@@H](N)[C@@H](NS(=O)(=O)c1ccc(C)cc1)c1ccccc1. The van der Waals surface area contributed by atoms with Crippen molar-refractivity contribution in [3.63, 3.8) is 0 Å². The highest BCUT2D eigenvalue weighted by Gasteiger charge is 2.31. The van der Waals surface area contributed by atoms with Crippen LogP contribution in [0.15, 0.2) is 59.5 Å². The second kappa shape index (κ2) is 7.57. The molecule has 0 aliphatic heterocycles. The Morgan fingerprint density at radius 2 is 1.67 bits per heavy atom. The van der Waals surface area contributed by atoms with Crippen molar-refractivity contribution in [2.24, 2.45) is 5.73 Å². The first-order valence-corrected chi connectivity index (χ1v) is 8.81. The number of hydrogen-bond acceptors (Lipinski definition) is 5. The normalized spacial score (nSPS) is 14.0. The molecule has 3 N–H and O–H groups in total. The first-order valence-electron chi connectivity index (χ1n) is 7.32. The Bertz CT molecular complexity index is 789. The largest absolute Gasteiger partial charge is 0.468 e. The Morgan fingerprint density at radius 3 is 2.21 bits per heavy atom. The van der Waals surface area contributed by atoms with Gasteiger partial charge in [0.05, 0.1) is 18.0 Å². The number of carbonyl (C=O) groups is 1. The van der Waals surface area contributed by atoms with Gasteiger partial charge < -0.3 is 10.5 Å². The Morgan fingerprint density at radius 1 is 1.08 bits per heavy atom. The molecule has 0 aromatic heterocycles. The first kappa shape index (κ1) is 18.1. The average molecular weight is 348 g/mol. The highest BCUT2D eigenvalue weighted by Crippen LogP contribution is 2.20. The maximum Gasteiger partial charge on any atom is 0.324 e. The molecule has 0 radical (unpaired) electrons. The second-order valence-electron chi connectivity index (χ2n) is 5.37. The summed E-state index contributed by atoms with van der Waals surface area (Å²) in [4.78, 5) is 11.9. The van der Waals surface area contributed by atoms with Gasteiger partial charge in [0.2, 0.25) is 10.0 Å². The van der Waals surface area contributed by atoms with E-state index in [1.165, 1.54) is 19.2 Å². The number of methoxy groups -OCH3 is 1. The van der Waals surface area contributed by atoms with Crippen LogP contribution in [0.1, 0.15) is 17.2 Å². The van der Waals surface area contributed by atoms with Crippen LogP contribution in [0.4, 0.5) is 0 Å². The molecule has 0 saturated carbocycles. The maximum absolute atomic E-state index is 12.6. The minimum absolute atomic E-state index is 0.103. The van der Waals surface area contributed by atoms with Crippen LogP contribution in [-0.4, -0.2) is 27.5 Å². The van der Waals surface area contributed by atoms with Gasteiger partial charge in [-0.2, -0.15) is 0 Å². The third kappa shape index (κ3) is 4.19. The van der Waals surface area contributed by atoms with Gasteiger partial charge in [-0.15, -0.1) is 0 Å². The van der Waals surface area contributed by atoms with Gasteiger partial charge in [-0.1, -0.05) is 48.0 Å². The first-order chi connectivity index (χ1) is 11.3. The molecule has 7 heteroatoms. The zero-order valence-corrected chi connectivity index (χ0v) is 14.3. The highest BCUT2D eigenvalue weighted by molar-refractivity contribution is 7.89. The number of nitrogens with two attached hydrogens (primary N) is 1. The molecule has 0 aliphatic rings. The van der Waals surface area contributed by atoms with E-state index >= 15 is 0 Å². The van der Waals surface area contributed by atoms with Gasteiger partial charge in [-0.3, -0.25) is 4.79 Å². The molecule has 0 amide bonds. The molecular formula is C17H20N2O4S. The fourth-order valence-electron chi connectivity index (χ4n) is 2.23. The zero-order valence-electron chi connectivity index (χ0n) is 13.5. The molecule has 0 unspecified atom stereocenters. The van der Waals surface area contributed by atoms with Crippen molar-refractivity contribution in [2.45, 2.75) is 23.9 Å². The second-order valence-corrected chi connectivity index (χ2v) is 7.09. The Labute approximate surface area is 141 Å². The van der Waals surface area contributed by atoms with Crippen LogP contribution >= 0.6 is 0 Å². The lowest BCUT2D eigenvalue weighted by atomic mass is 10.0. The van der Waals surface area contributed by atoms with Crippen LogP contribution in [0.3, 0.4) is 0 Å². The molecule has 0 heterocycles. The molecule has 0 spiro atoms. The van der Waals surface area contributed by atoms with E-state index in [1.807, 2.05) is 6.92 Å². The molecule has 2 rings (SSSR count). The molecule has 128 valence electrons. The summed E-state index contributed by atoms with van der Waals surface area (Å²) in [5.41, 5.74) is 7.43. The van der Waals surface area contributed by atoms with Crippen LogP contribution < -0.4 is 10.5 Å². The van der Waals surface area contributed by atoms with Crippen molar-refractivity contribution in [1.29, 1.82) is 0 Å². The lowest BCUT2D eigenvalue weighted by Gasteiger charge is -2.23. The van der Waals surface area contributed by atoms with Crippen molar-refractivity contribution >= 4 is 16.0 Å². The minimum Gasteiger partial charge on any atom is -0.468 e. The van der Waals surface area contributed by atoms with Crippen molar-refractivity contribution in [3.8, 4) is 0 Å². The predicted molar refractivity (Wildman–Crippen MR) is 90.7 cm³/mol. The summed E-state index contributed by atoms with van der Waals surface area (Å²) in [7, 11) is -2.64. The quantitative estimate of drug-likeness (QED) is 0.771. The average Bonchev–Trinajstić information content (AvgIpc) is 2.59. The van der Waals surface area contributed by atoms with Crippen LogP contribution in [0.2, 0.25) is 0 Å². The van der Waals surface area contributed by atoms with E-state index in [2.05, 4.69) is 9.46 Å². The number of sulfonamides is 1. The molecule has 24 heavy (non-hydrogen) atoms. The zero-order chi connectivity index (χ0) is 17.7. The van der Waals surface area contributed by atoms with Gasteiger partial charge in [0, 0.05) is 0 Å². The number of rotatable bonds is 6. The van der Waals surface area contributed by atoms with Crippen LogP contribution in [0.25, 0.3) is 0 Å². The van der Waals surface area contributed by atoms with E-state index in [1.54, 1.807) is 42.5 Å². The van der Waals surface area contributed by atoms with Gasteiger partial charge in [-0.05, 0) is 24.6 Å². The monoisotopic (exact) mass is 348 g/mol. The number of benzene rings is 2. The van der Waals surface area contributed by atoms with Crippen LogP contribution in [0, 0.1) is 6.92 Å². The molecule has 0 saturated heterocycles. The van der Waals surface area contributed by atoms with Crippen molar-refractivity contribution < 1.29 is 17.9 Å². The molecule has 2 aromatic carbocycles. The molecule has 2 aromatic rings. The van der Waals surface area contributed by atoms with E-state index in [-0.39, 0.29) is 4.90 Å². The van der Waals surface area contributed by atoms with E-state index in [0.717, 1.165) is 5.56 Å². The van der Waals surface area contributed by atoms with Gasteiger partial charge in [0.1, 0.15) is 6.04 Å². The third-order valence-electron chi connectivity index (χ3n) is 3.60. The molecule has 6 nitrogen and oxygen atoms in total. The minimum atomic E-state index is -3.85. The topological polar surface area (TPSA) is 98.5 Å². The summed E-state index contributed by atoms with van der Waals surface area (Å²) in [6.45, 7) is 1.86. The lowest BCUT2D eigenvalue weighted by molar-refractivity contribution is -0.142. The fraction of sp³-hybridized carbons (Fsp3) is 0.235. The molecule has 0 aliphatic carbocycles. The van der Waals surface area contributed by atoms with Crippen molar-refractivity contribution in [2.75, 3.05) is 7.11 Å². The standard InChI is InChI=1S/C17H20N2O4S/c1-12-8-10-14(11-9-12)24(21,22)19-16(15(18)17(20)23-2)13-6-4-3-5-7-13/h3-11,15-16,19H,18H2,1-2H3/t15-,16-/m0/s1. The number of hydrogen-bond donors (Lipinski definition) is 2. The van der Waals surface area contributed by atoms with E-state index < -0.39 is 28.1 Å². The Kier molecular flexibility index (Phi) is 5.71. The summed E-state index contributed by atoms with van der Waals surface area (Å²) < 4.78 is 32.4. The summed E-state index contributed by atoms with van der Waals surface area (Å²) >= 11 is 0. The van der Waals surface area contributed by atoms with E-state index in [0.29, 0.717) is 5.56 Å². The van der Waals surface area contributed by atoms with Gasteiger partial charge in [0.15, 0.2) is 0 Å². The predicted octanol–water partition coefficient (Wildman–Crippen LogP) is 1.51. The summed E-state index contributed by atoms with van der Waals surface area (Å²) in [5.74, 6) is -0.699. The highest BCUT2D eigenvalue weighted by atomic mass is 32.2. The molecular weight excluding hydrogens is 328 g/mol. The number of ether oxygens (including phenoxy) is 1. The summed E-state index contributed by atoms with van der Waals surface area (Å²) in [6, 6.07) is 13.0. The fourth-order valence-corrected chi connectivity index (χ4v) is 3.48. The number of nitrogens with one attached hydrogen (secondary N) is 1. The molecule has 2 atom stereocenters.